The van der Waals surface area contributed by atoms with Crippen LogP contribution in [0.15, 0.2) is 12.4 Å². The monoisotopic (exact) mass is 225 g/mol. The second-order valence-corrected chi connectivity index (χ2v) is 4.39. The van der Waals surface area contributed by atoms with E-state index in [0.29, 0.717) is 0 Å². The lowest BCUT2D eigenvalue weighted by molar-refractivity contribution is 0.0690. The minimum atomic E-state index is -1.04. The van der Waals surface area contributed by atoms with Gasteiger partial charge in [-0.25, -0.2) is 14.8 Å². The summed E-state index contributed by atoms with van der Waals surface area (Å²) in [7, 11) is 0. The molecule has 5 nitrogen and oxygen atoms in total. The Morgan fingerprint density at radius 1 is 1.33 bits per heavy atom. The Hall–Kier alpha value is -1.30. The van der Waals surface area contributed by atoms with Gasteiger partial charge in [0.1, 0.15) is 5.82 Å². The van der Waals surface area contributed by atoms with E-state index in [-0.39, 0.29) is 5.69 Å². The molecule has 0 atom stereocenters. The Kier molecular flexibility index (Phi) is 3.05. The van der Waals surface area contributed by atoms with E-state index < -0.39 is 5.97 Å². The smallest absolute Gasteiger partial charge is 0.356 e. The molecule has 2 heterocycles. The lowest BCUT2D eigenvalue weighted by atomic mass is 10.4. The number of anilines is 1. The standard InChI is InChI=1S/C9H11N3O2S/c13-9(14)7-5-11-8(6-10-7)12-1-3-15-4-2-12/h5-6H,1-4H2,(H,13,14). The topological polar surface area (TPSA) is 66.3 Å². The van der Waals surface area contributed by atoms with Gasteiger partial charge in [-0.05, 0) is 0 Å². The molecule has 6 heteroatoms. The first-order chi connectivity index (χ1) is 7.27. The van der Waals surface area contributed by atoms with Crippen LogP contribution < -0.4 is 4.90 Å². The van der Waals surface area contributed by atoms with Gasteiger partial charge in [0.15, 0.2) is 5.69 Å². The Balaban J connectivity index is 2.11. The summed E-state index contributed by atoms with van der Waals surface area (Å²) in [6.45, 7) is 1.90. The molecule has 1 saturated heterocycles. The molecule has 1 N–H and O–H groups in total. The van der Waals surface area contributed by atoms with E-state index in [0.717, 1.165) is 30.4 Å². The van der Waals surface area contributed by atoms with Crippen molar-refractivity contribution >= 4 is 23.5 Å². The molecule has 0 aromatic carbocycles. The van der Waals surface area contributed by atoms with Gasteiger partial charge in [-0.1, -0.05) is 0 Å². The zero-order chi connectivity index (χ0) is 10.7. The highest BCUT2D eigenvalue weighted by atomic mass is 32.2. The second-order valence-electron chi connectivity index (χ2n) is 3.16. The zero-order valence-electron chi connectivity index (χ0n) is 8.09. The fraction of sp³-hybridized carbons (Fsp3) is 0.444. The maximum atomic E-state index is 10.6. The molecule has 80 valence electrons. The molecule has 15 heavy (non-hydrogen) atoms. The molecule has 1 aliphatic heterocycles. The average Bonchev–Trinajstić information content (AvgIpc) is 2.30. The van der Waals surface area contributed by atoms with Crippen molar-refractivity contribution in [3.8, 4) is 0 Å². The van der Waals surface area contributed by atoms with Crippen LogP contribution in [0.1, 0.15) is 10.5 Å². The van der Waals surface area contributed by atoms with Crippen molar-refractivity contribution in [1.29, 1.82) is 0 Å². The molecule has 0 saturated carbocycles. The van der Waals surface area contributed by atoms with Gasteiger partial charge in [-0.2, -0.15) is 11.8 Å². The molecule has 0 aliphatic carbocycles. The van der Waals surface area contributed by atoms with Crippen LogP contribution in [0.3, 0.4) is 0 Å². The first-order valence-electron chi connectivity index (χ1n) is 4.65. The Labute approximate surface area is 91.5 Å². The number of hydrogen-bond acceptors (Lipinski definition) is 5. The Morgan fingerprint density at radius 2 is 2.07 bits per heavy atom. The summed E-state index contributed by atoms with van der Waals surface area (Å²) in [6, 6.07) is 0. The number of hydrogen-bond donors (Lipinski definition) is 1. The number of carbonyl (C=O) groups is 1. The van der Waals surface area contributed by atoms with Crippen molar-refractivity contribution in [2.24, 2.45) is 0 Å². The molecular weight excluding hydrogens is 214 g/mol. The van der Waals surface area contributed by atoms with Gasteiger partial charge in [-0.15, -0.1) is 0 Å². The van der Waals surface area contributed by atoms with E-state index in [4.69, 9.17) is 5.11 Å². The summed E-state index contributed by atoms with van der Waals surface area (Å²) >= 11 is 1.92. The minimum absolute atomic E-state index is 0.00913. The van der Waals surface area contributed by atoms with Gasteiger partial charge in [0.2, 0.25) is 0 Å². The van der Waals surface area contributed by atoms with Crippen LogP contribution in [-0.4, -0.2) is 45.6 Å². The van der Waals surface area contributed by atoms with E-state index in [1.165, 1.54) is 12.4 Å². The average molecular weight is 225 g/mol. The summed E-state index contributed by atoms with van der Waals surface area (Å²) in [5, 5.41) is 8.67. The SMILES string of the molecule is O=C(O)c1cnc(N2CCSCC2)cn1. The van der Waals surface area contributed by atoms with E-state index in [1.807, 2.05) is 11.8 Å². The number of nitrogens with zero attached hydrogens (tertiary/aromatic N) is 3. The molecule has 0 bridgehead atoms. The lowest BCUT2D eigenvalue weighted by Crippen LogP contribution is -2.33. The molecule has 0 spiro atoms. The van der Waals surface area contributed by atoms with Crippen molar-refractivity contribution in [2.75, 3.05) is 29.5 Å². The normalized spacial score (nSPS) is 16.4. The first-order valence-corrected chi connectivity index (χ1v) is 5.81. The largest absolute Gasteiger partial charge is 0.476 e. The molecule has 0 radical (unpaired) electrons. The van der Waals surface area contributed by atoms with E-state index in [1.54, 1.807) is 0 Å². The fourth-order valence-corrected chi connectivity index (χ4v) is 2.29. The van der Waals surface area contributed by atoms with Crippen molar-refractivity contribution in [2.45, 2.75) is 0 Å². The summed E-state index contributed by atoms with van der Waals surface area (Å²) in [6.07, 6.45) is 2.83. The summed E-state index contributed by atoms with van der Waals surface area (Å²) in [5.41, 5.74) is -0.00913. The number of carboxylic acid groups (broad SMARTS) is 1. The van der Waals surface area contributed by atoms with Crippen LogP contribution in [0.4, 0.5) is 5.82 Å². The third-order valence-electron chi connectivity index (χ3n) is 2.19. The van der Waals surface area contributed by atoms with Gasteiger partial charge in [-0.3, -0.25) is 0 Å². The third kappa shape index (κ3) is 2.38. The number of rotatable bonds is 2. The second kappa shape index (κ2) is 4.48. The van der Waals surface area contributed by atoms with Crippen molar-refractivity contribution < 1.29 is 9.90 Å². The number of aromatic carboxylic acids is 1. The van der Waals surface area contributed by atoms with Crippen LogP contribution in [0.2, 0.25) is 0 Å². The van der Waals surface area contributed by atoms with Crippen LogP contribution in [0, 0.1) is 0 Å². The van der Waals surface area contributed by atoms with E-state index >= 15 is 0 Å². The maximum absolute atomic E-state index is 10.6. The van der Waals surface area contributed by atoms with Gasteiger partial charge in [0.05, 0.1) is 12.4 Å². The highest BCUT2D eigenvalue weighted by Gasteiger charge is 2.13. The molecular formula is C9H11N3O2S. The van der Waals surface area contributed by atoms with Gasteiger partial charge in [0.25, 0.3) is 0 Å². The Bertz CT molecular complexity index is 349. The van der Waals surface area contributed by atoms with Crippen LogP contribution >= 0.6 is 11.8 Å². The number of carboxylic acids is 1. The lowest BCUT2D eigenvalue weighted by Gasteiger charge is -2.26. The molecule has 1 fully saturated rings. The van der Waals surface area contributed by atoms with Crippen molar-refractivity contribution in [3.05, 3.63) is 18.1 Å². The fourth-order valence-electron chi connectivity index (χ4n) is 1.39. The first kappa shape index (κ1) is 10.2. The highest BCUT2D eigenvalue weighted by molar-refractivity contribution is 7.99. The quantitative estimate of drug-likeness (QED) is 0.800. The summed E-state index contributed by atoms with van der Waals surface area (Å²) in [5.74, 6) is 1.90. The predicted molar refractivity (Wildman–Crippen MR) is 58.5 cm³/mol. The van der Waals surface area contributed by atoms with Gasteiger partial charge >= 0.3 is 5.97 Å². The van der Waals surface area contributed by atoms with E-state index in [9.17, 15) is 4.79 Å². The summed E-state index contributed by atoms with van der Waals surface area (Å²) < 4.78 is 0. The molecule has 0 unspecified atom stereocenters. The van der Waals surface area contributed by atoms with Crippen LogP contribution in [0.25, 0.3) is 0 Å². The van der Waals surface area contributed by atoms with E-state index in [2.05, 4.69) is 14.9 Å². The maximum Gasteiger partial charge on any atom is 0.356 e. The summed E-state index contributed by atoms with van der Waals surface area (Å²) in [4.78, 5) is 20.6. The predicted octanol–water partition coefficient (Wildman–Crippen LogP) is 0.728. The molecule has 1 aliphatic rings. The zero-order valence-corrected chi connectivity index (χ0v) is 8.90. The van der Waals surface area contributed by atoms with Crippen molar-refractivity contribution in [3.63, 3.8) is 0 Å². The molecule has 2 rings (SSSR count). The van der Waals surface area contributed by atoms with Crippen molar-refractivity contribution in [1.82, 2.24) is 9.97 Å². The molecule has 0 amide bonds. The number of aromatic nitrogens is 2. The van der Waals surface area contributed by atoms with Crippen LogP contribution in [0.5, 0.6) is 0 Å². The highest BCUT2D eigenvalue weighted by Crippen LogP contribution is 2.15. The minimum Gasteiger partial charge on any atom is -0.476 e. The molecule has 1 aromatic heterocycles. The number of thioether (sulfide) groups is 1. The van der Waals surface area contributed by atoms with Gasteiger partial charge in [0, 0.05) is 24.6 Å². The van der Waals surface area contributed by atoms with Crippen LogP contribution in [-0.2, 0) is 0 Å². The third-order valence-corrected chi connectivity index (χ3v) is 3.13. The molecule has 1 aromatic rings. The Morgan fingerprint density at radius 3 is 2.60 bits per heavy atom. The van der Waals surface area contributed by atoms with Gasteiger partial charge < -0.3 is 10.0 Å².